The first-order valence-corrected chi connectivity index (χ1v) is 10.4. The maximum absolute atomic E-state index is 11.6. The molecule has 0 aromatic heterocycles. The molecule has 1 aliphatic rings. The number of sulfonamides is 1. The predicted molar refractivity (Wildman–Crippen MR) is 106 cm³/mol. The fraction of sp³-hybridized carbons (Fsp3) is 0.316. The van der Waals surface area contributed by atoms with Crippen LogP contribution in [0.15, 0.2) is 53.5 Å². The summed E-state index contributed by atoms with van der Waals surface area (Å²) >= 11 is 0. The van der Waals surface area contributed by atoms with Gasteiger partial charge in [-0.2, -0.15) is 0 Å². The molecule has 3 rings (SSSR count). The number of hydrogen-bond donors (Lipinski definition) is 3. The summed E-state index contributed by atoms with van der Waals surface area (Å²) in [5, 5.41) is 3.26. The molecule has 8 heteroatoms. The standard InChI is InChI=1S/C19H24N4O3S/c1-21-27(24,25)13-15-8-6-14(7-9-15)12-22-19(20)23-17-10-11-26-18-5-3-2-4-16(17)18/h2-9,17,21H,10-13H2,1H3,(H3,20,22,23). The number of fused-ring (bicyclic) bond motifs is 1. The molecule has 4 N–H and O–H groups in total. The smallest absolute Gasteiger partial charge is 0.215 e. The second-order valence-electron chi connectivity index (χ2n) is 6.35. The Hall–Kier alpha value is -2.58. The second kappa shape index (κ2) is 8.41. The Kier molecular flexibility index (Phi) is 5.98. The highest BCUT2D eigenvalue weighted by Gasteiger charge is 2.21. The van der Waals surface area contributed by atoms with E-state index in [2.05, 4.69) is 15.0 Å². The fourth-order valence-electron chi connectivity index (χ4n) is 2.93. The zero-order chi connectivity index (χ0) is 19.3. The van der Waals surface area contributed by atoms with E-state index in [-0.39, 0.29) is 11.8 Å². The van der Waals surface area contributed by atoms with Crippen molar-refractivity contribution in [2.45, 2.75) is 24.8 Å². The molecule has 2 aromatic carbocycles. The summed E-state index contributed by atoms with van der Waals surface area (Å²) in [6.45, 7) is 1.06. The van der Waals surface area contributed by atoms with Crippen molar-refractivity contribution in [3.05, 3.63) is 65.2 Å². The first kappa shape index (κ1) is 19.2. The maximum atomic E-state index is 11.6. The van der Waals surface area contributed by atoms with Crippen molar-refractivity contribution in [2.24, 2.45) is 10.7 Å². The molecule has 1 unspecified atom stereocenters. The van der Waals surface area contributed by atoms with E-state index in [0.717, 1.165) is 28.9 Å². The van der Waals surface area contributed by atoms with E-state index in [0.29, 0.717) is 19.1 Å². The summed E-state index contributed by atoms with van der Waals surface area (Å²) < 4.78 is 31.1. The van der Waals surface area contributed by atoms with Crippen molar-refractivity contribution in [1.82, 2.24) is 10.0 Å². The fourth-order valence-corrected chi connectivity index (χ4v) is 3.70. The average molecular weight is 388 g/mol. The molecule has 7 nitrogen and oxygen atoms in total. The van der Waals surface area contributed by atoms with E-state index in [1.54, 1.807) is 12.1 Å². The van der Waals surface area contributed by atoms with Crippen LogP contribution in [0.3, 0.4) is 0 Å². The summed E-state index contributed by atoms with van der Waals surface area (Å²) in [5.41, 5.74) is 8.81. The van der Waals surface area contributed by atoms with Crippen molar-refractivity contribution in [2.75, 3.05) is 13.7 Å². The predicted octanol–water partition coefficient (Wildman–Crippen LogP) is 1.66. The van der Waals surface area contributed by atoms with Gasteiger partial charge in [0, 0.05) is 12.0 Å². The number of aliphatic imine (C=N–C) groups is 1. The number of hydrogen-bond acceptors (Lipinski definition) is 4. The average Bonchev–Trinajstić information content (AvgIpc) is 2.67. The third kappa shape index (κ3) is 5.21. The lowest BCUT2D eigenvalue weighted by atomic mass is 10.0. The lowest BCUT2D eigenvalue weighted by molar-refractivity contribution is 0.262. The zero-order valence-corrected chi connectivity index (χ0v) is 16.0. The molecule has 2 aromatic rings. The zero-order valence-electron chi connectivity index (χ0n) is 15.2. The van der Waals surface area contributed by atoms with Crippen molar-refractivity contribution in [1.29, 1.82) is 0 Å². The molecule has 27 heavy (non-hydrogen) atoms. The third-order valence-corrected chi connectivity index (χ3v) is 5.74. The van der Waals surface area contributed by atoms with Crippen molar-refractivity contribution < 1.29 is 13.2 Å². The largest absolute Gasteiger partial charge is 0.493 e. The van der Waals surface area contributed by atoms with Crippen LogP contribution in [0.2, 0.25) is 0 Å². The molecule has 1 heterocycles. The number of para-hydroxylation sites is 1. The normalized spacial score (nSPS) is 17.1. The Morgan fingerprint density at radius 3 is 2.63 bits per heavy atom. The van der Waals surface area contributed by atoms with Crippen molar-refractivity contribution in [3.63, 3.8) is 0 Å². The Bertz CT molecular complexity index is 911. The molecule has 1 atom stereocenters. The van der Waals surface area contributed by atoms with Crippen LogP contribution in [-0.2, 0) is 22.3 Å². The van der Waals surface area contributed by atoms with Crippen LogP contribution in [0.25, 0.3) is 0 Å². The topological polar surface area (TPSA) is 106 Å². The molecule has 0 saturated carbocycles. The minimum atomic E-state index is -3.27. The van der Waals surface area contributed by atoms with Crippen LogP contribution >= 0.6 is 0 Å². The van der Waals surface area contributed by atoms with Gasteiger partial charge < -0.3 is 15.8 Å². The first-order valence-electron chi connectivity index (χ1n) is 8.74. The minimum absolute atomic E-state index is 0.0418. The number of ether oxygens (including phenoxy) is 1. The summed E-state index contributed by atoms with van der Waals surface area (Å²) in [6, 6.07) is 15.3. The molecule has 0 fully saturated rings. The number of nitrogens with one attached hydrogen (secondary N) is 2. The summed E-state index contributed by atoms with van der Waals surface area (Å²) in [6.07, 6.45) is 0.821. The van der Waals surface area contributed by atoms with Crippen LogP contribution in [0, 0.1) is 0 Å². The third-order valence-electron chi connectivity index (χ3n) is 4.40. The van der Waals surface area contributed by atoms with Crippen molar-refractivity contribution in [3.8, 4) is 5.75 Å². The molecule has 1 aliphatic heterocycles. The summed E-state index contributed by atoms with van der Waals surface area (Å²) in [4.78, 5) is 4.39. The van der Waals surface area contributed by atoms with E-state index in [1.165, 1.54) is 7.05 Å². The highest BCUT2D eigenvalue weighted by atomic mass is 32.2. The van der Waals surface area contributed by atoms with Crippen LogP contribution in [0.1, 0.15) is 29.2 Å². The Morgan fingerprint density at radius 2 is 1.89 bits per heavy atom. The van der Waals surface area contributed by atoms with Gasteiger partial charge in [0.1, 0.15) is 5.75 Å². The Morgan fingerprint density at radius 1 is 1.19 bits per heavy atom. The SMILES string of the molecule is CNS(=O)(=O)Cc1ccc(CN=C(N)NC2CCOc3ccccc32)cc1. The highest BCUT2D eigenvalue weighted by Crippen LogP contribution is 2.31. The Labute approximate surface area is 159 Å². The van der Waals surface area contributed by atoms with Crippen LogP contribution in [0.5, 0.6) is 5.75 Å². The molecule has 0 bridgehead atoms. The van der Waals surface area contributed by atoms with Gasteiger partial charge in [-0.05, 0) is 24.2 Å². The minimum Gasteiger partial charge on any atom is -0.493 e. The lowest BCUT2D eigenvalue weighted by Crippen LogP contribution is -2.37. The van der Waals surface area contributed by atoms with Crippen molar-refractivity contribution >= 4 is 16.0 Å². The van der Waals surface area contributed by atoms with Gasteiger partial charge in [-0.1, -0.05) is 42.5 Å². The molecule has 0 aliphatic carbocycles. The maximum Gasteiger partial charge on any atom is 0.215 e. The number of nitrogens with zero attached hydrogens (tertiary/aromatic N) is 1. The van der Waals surface area contributed by atoms with E-state index in [9.17, 15) is 8.42 Å². The molecule has 144 valence electrons. The molecule has 0 saturated heterocycles. The van der Waals surface area contributed by atoms with Crippen LogP contribution in [0.4, 0.5) is 0 Å². The van der Waals surface area contributed by atoms with Crippen LogP contribution in [-0.4, -0.2) is 28.0 Å². The Balaban J connectivity index is 1.60. The van der Waals surface area contributed by atoms with E-state index < -0.39 is 10.0 Å². The number of nitrogens with two attached hydrogens (primary N) is 1. The van der Waals surface area contributed by atoms with E-state index in [1.807, 2.05) is 36.4 Å². The first-order chi connectivity index (χ1) is 13.0. The van der Waals surface area contributed by atoms with E-state index in [4.69, 9.17) is 10.5 Å². The second-order valence-corrected chi connectivity index (χ2v) is 8.28. The monoisotopic (exact) mass is 388 g/mol. The number of benzene rings is 2. The molecular weight excluding hydrogens is 364 g/mol. The van der Waals surface area contributed by atoms with E-state index >= 15 is 0 Å². The van der Waals surface area contributed by atoms with Gasteiger partial charge in [-0.3, -0.25) is 0 Å². The highest BCUT2D eigenvalue weighted by molar-refractivity contribution is 7.88. The number of rotatable bonds is 6. The molecular formula is C19H24N4O3S. The quantitative estimate of drug-likeness (QED) is 0.516. The number of guanidine groups is 1. The molecule has 0 spiro atoms. The summed E-state index contributed by atoms with van der Waals surface area (Å²) in [5.74, 6) is 1.21. The summed E-state index contributed by atoms with van der Waals surface area (Å²) in [7, 11) is -1.86. The van der Waals surface area contributed by atoms with Gasteiger partial charge in [-0.25, -0.2) is 18.1 Å². The van der Waals surface area contributed by atoms with Gasteiger partial charge in [0.05, 0.1) is 24.9 Å². The van der Waals surface area contributed by atoms with Gasteiger partial charge in [0.2, 0.25) is 10.0 Å². The van der Waals surface area contributed by atoms with Gasteiger partial charge in [0.15, 0.2) is 5.96 Å². The lowest BCUT2D eigenvalue weighted by Gasteiger charge is -2.26. The molecule has 0 radical (unpaired) electrons. The van der Waals surface area contributed by atoms with Gasteiger partial charge in [0.25, 0.3) is 0 Å². The van der Waals surface area contributed by atoms with Crippen LogP contribution < -0.4 is 20.5 Å². The van der Waals surface area contributed by atoms with Gasteiger partial charge in [-0.15, -0.1) is 0 Å². The molecule has 0 amide bonds. The van der Waals surface area contributed by atoms with Gasteiger partial charge >= 0.3 is 0 Å².